The summed E-state index contributed by atoms with van der Waals surface area (Å²) in [4.78, 5) is 14.9. The fourth-order valence-corrected chi connectivity index (χ4v) is 0.393. The molecule has 0 unspecified atom stereocenters. The van der Waals surface area contributed by atoms with Gasteiger partial charge in [-0.25, -0.2) is 0 Å². The maximum atomic E-state index is 7.45. The Morgan fingerprint density at radius 1 is 1.22 bits per heavy atom. The summed E-state index contributed by atoms with van der Waals surface area (Å²) in [5.41, 5.74) is 4.29. The Balaban J connectivity index is 0.000000148. The minimum Gasteiger partial charge on any atom is -0.338 e. The molecule has 4 N–H and O–H groups in total. The molecule has 0 aromatic rings. The molecule has 0 fully saturated rings. The van der Waals surface area contributed by atoms with Crippen molar-refractivity contribution in [3.8, 4) is 0 Å². The lowest BCUT2D eigenvalue weighted by molar-refractivity contribution is 0.485. The highest BCUT2D eigenvalue weighted by atomic mass is 31.2. The van der Waals surface area contributed by atoms with Gasteiger partial charge in [0.1, 0.15) is 0 Å². The molecular weight excluding hydrogens is 137 g/mol. The van der Waals surface area contributed by atoms with Gasteiger partial charge in [-0.1, -0.05) is 24.3 Å². The summed E-state index contributed by atoms with van der Waals surface area (Å²) in [6.07, 6.45) is 9.50. The molecule has 3 nitrogen and oxygen atoms in total. The van der Waals surface area contributed by atoms with Crippen molar-refractivity contribution in [2.75, 3.05) is 0 Å². The van der Waals surface area contributed by atoms with Gasteiger partial charge in [0.05, 0.1) is 0 Å². The lowest BCUT2D eigenvalue weighted by atomic mass is 10.5. The summed E-state index contributed by atoms with van der Waals surface area (Å²) in [5, 5.41) is 0. The normalized spacial score (nSPS) is 13.8. The molecule has 1 rings (SSSR count). The van der Waals surface area contributed by atoms with E-state index in [9.17, 15) is 0 Å². The molecule has 0 aliphatic heterocycles. The van der Waals surface area contributed by atoms with Crippen LogP contribution in [0, 0.1) is 0 Å². The summed E-state index contributed by atoms with van der Waals surface area (Å²) < 4.78 is 0. The van der Waals surface area contributed by atoms with Crippen molar-refractivity contribution in [3.05, 3.63) is 24.3 Å². The van der Waals surface area contributed by atoms with Gasteiger partial charge in [-0.2, -0.15) is 0 Å². The zero-order valence-electron chi connectivity index (χ0n) is 4.94. The molecule has 0 saturated heterocycles. The van der Waals surface area contributed by atoms with Crippen LogP contribution in [0.1, 0.15) is 6.42 Å². The first kappa shape index (κ1) is 8.79. The summed E-state index contributed by atoms with van der Waals surface area (Å²) >= 11 is 0. The van der Waals surface area contributed by atoms with Crippen LogP contribution in [0.25, 0.3) is 0 Å². The van der Waals surface area contributed by atoms with Crippen LogP contribution in [0.2, 0.25) is 0 Å². The van der Waals surface area contributed by atoms with Crippen molar-refractivity contribution in [1.29, 1.82) is 0 Å². The molecule has 4 heteroatoms. The molecule has 0 bridgehead atoms. The summed E-state index contributed by atoms with van der Waals surface area (Å²) in [6, 6.07) is 0. The smallest absolute Gasteiger partial charge is 0.247 e. The standard InChI is InChI=1S/C5H6.H4NO2P/c1-2-4-5-3-1;1-4(2)3/h1-4H,5H2;2-3H,1H2. The van der Waals surface area contributed by atoms with E-state index < -0.39 is 8.53 Å². The Morgan fingerprint density at radius 3 is 1.67 bits per heavy atom. The Hall–Kier alpha value is -0.210. The third-order valence-corrected chi connectivity index (χ3v) is 0.655. The van der Waals surface area contributed by atoms with Gasteiger partial charge in [-0.3, -0.25) is 5.50 Å². The second kappa shape index (κ2) is 5.92. The van der Waals surface area contributed by atoms with E-state index in [2.05, 4.69) is 29.8 Å². The van der Waals surface area contributed by atoms with E-state index in [1.807, 2.05) is 0 Å². The maximum absolute atomic E-state index is 7.45. The van der Waals surface area contributed by atoms with Crippen molar-refractivity contribution in [2.24, 2.45) is 5.50 Å². The van der Waals surface area contributed by atoms with E-state index in [-0.39, 0.29) is 0 Å². The molecule has 0 spiro atoms. The highest BCUT2D eigenvalue weighted by Gasteiger charge is 1.72. The first-order chi connectivity index (χ1) is 4.23. The number of rotatable bonds is 0. The first-order valence-corrected chi connectivity index (χ1v) is 3.79. The highest BCUT2D eigenvalue weighted by molar-refractivity contribution is 7.42. The highest BCUT2D eigenvalue weighted by Crippen LogP contribution is 2.05. The monoisotopic (exact) mass is 147 g/mol. The van der Waals surface area contributed by atoms with Gasteiger partial charge in [-0.15, -0.1) is 0 Å². The van der Waals surface area contributed by atoms with Gasteiger partial charge in [0.2, 0.25) is 8.53 Å². The van der Waals surface area contributed by atoms with Crippen molar-refractivity contribution in [1.82, 2.24) is 0 Å². The average Bonchev–Trinajstić information content (AvgIpc) is 2.11. The summed E-state index contributed by atoms with van der Waals surface area (Å²) in [5.74, 6) is 0. The minimum atomic E-state index is -2.12. The van der Waals surface area contributed by atoms with Crippen LogP contribution in [0.5, 0.6) is 0 Å². The van der Waals surface area contributed by atoms with E-state index >= 15 is 0 Å². The number of hydrogen-bond acceptors (Lipinski definition) is 3. The van der Waals surface area contributed by atoms with Crippen LogP contribution < -0.4 is 5.50 Å². The first-order valence-electron chi connectivity index (χ1n) is 2.47. The van der Waals surface area contributed by atoms with Gasteiger partial charge in [0.15, 0.2) is 0 Å². The fraction of sp³-hybridized carbons (Fsp3) is 0.200. The summed E-state index contributed by atoms with van der Waals surface area (Å²) in [7, 11) is -2.12. The zero-order valence-corrected chi connectivity index (χ0v) is 5.83. The molecule has 0 atom stereocenters. The largest absolute Gasteiger partial charge is 0.338 e. The zero-order chi connectivity index (χ0) is 7.11. The molecule has 0 aromatic carbocycles. The van der Waals surface area contributed by atoms with Crippen LogP contribution in [-0.4, -0.2) is 9.79 Å². The molecule has 1 aliphatic rings. The molecule has 9 heavy (non-hydrogen) atoms. The topological polar surface area (TPSA) is 66.5 Å². The molecule has 0 radical (unpaired) electrons. The predicted octanol–water partition coefficient (Wildman–Crippen LogP) is 0.659. The van der Waals surface area contributed by atoms with Crippen molar-refractivity contribution >= 4 is 8.53 Å². The molecule has 0 aromatic heterocycles. The van der Waals surface area contributed by atoms with Crippen LogP contribution in [0.3, 0.4) is 0 Å². The van der Waals surface area contributed by atoms with E-state index in [0.29, 0.717) is 0 Å². The fourth-order valence-electron chi connectivity index (χ4n) is 0.393. The Bertz CT molecular complexity index is 98.8. The predicted molar refractivity (Wildman–Crippen MR) is 38.4 cm³/mol. The van der Waals surface area contributed by atoms with Crippen molar-refractivity contribution < 1.29 is 9.79 Å². The number of nitrogens with two attached hydrogens (primary N) is 1. The van der Waals surface area contributed by atoms with E-state index in [1.165, 1.54) is 0 Å². The Morgan fingerprint density at radius 2 is 1.56 bits per heavy atom. The van der Waals surface area contributed by atoms with Crippen LogP contribution in [0.15, 0.2) is 24.3 Å². The van der Waals surface area contributed by atoms with E-state index in [4.69, 9.17) is 9.79 Å². The van der Waals surface area contributed by atoms with Crippen LogP contribution >= 0.6 is 8.53 Å². The molecule has 52 valence electrons. The third-order valence-electron chi connectivity index (χ3n) is 0.655. The van der Waals surface area contributed by atoms with Crippen LogP contribution in [0.4, 0.5) is 0 Å². The van der Waals surface area contributed by atoms with Crippen molar-refractivity contribution in [3.63, 3.8) is 0 Å². The second-order valence-electron chi connectivity index (χ2n) is 1.41. The Kier molecular flexibility index (Phi) is 5.78. The van der Waals surface area contributed by atoms with Gasteiger partial charge >= 0.3 is 0 Å². The molecule has 0 heterocycles. The average molecular weight is 147 g/mol. The molecule has 1 aliphatic carbocycles. The number of hydrogen-bond donors (Lipinski definition) is 3. The molecule has 0 amide bonds. The molecule has 0 saturated carbocycles. The lowest BCUT2D eigenvalue weighted by Gasteiger charge is -1.79. The van der Waals surface area contributed by atoms with Gasteiger partial charge < -0.3 is 9.79 Å². The van der Waals surface area contributed by atoms with E-state index in [1.54, 1.807) is 0 Å². The second-order valence-corrected chi connectivity index (χ2v) is 2.05. The quantitative estimate of drug-likeness (QED) is 0.441. The van der Waals surface area contributed by atoms with Gasteiger partial charge in [0.25, 0.3) is 0 Å². The van der Waals surface area contributed by atoms with Gasteiger partial charge in [0, 0.05) is 0 Å². The van der Waals surface area contributed by atoms with Crippen LogP contribution in [-0.2, 0) is 0 Å². The minimum absolute atomic E-state index is 1.14. The Labute approximate surface area is 55.5 Å². The molecular formula is C5H10NO2P. The van der Waals surface area contributed by atoms with Crippen molar-refractivity contribution in [2.45, 2.75) is 6.42 Å². The number of allylic oxidation sites excluding steroid dienone is 4. The lowest BCUT2D eigenvalue weighted by Crippen LogP contribution is -1.78. The van der Waals surface area contributed by atoms with E-state index in [0.717, 1.165) is 6.42 Å². The summed E-state index contributed by atoms with van der Waals surface area (Å²) in [6.45, 7) is 0. The SMILES string of the molecule is C1=CCC=C1.NP(O)O. The third kappa shape index (κ3) is 11.4. The van der Waals surface area contributed by atoms with Gasteiger partial charge in [-0.05, 0) is 6.42 Å². The maximum Gasteiger partial charge on any atom is 0.247 e.